The molecule has 104 valence electrons. The van der Waals surface area contributed by atoms with Crippen LogP contribution in [0.1, 0.15) is 28.4 Å². The average molecular weight is 290 g/mol. The molecule has 1 amide bonds. The number of hydrogen-bond acceptors (Lipinski definition) is 2. The summed E-state index contributed by atoms with van der Waals surface area (Å²) in [6.45, 7) is 1.66. The van der Waals surface area contributed by atoms with Gasteiger partial charge in [0.15, 0.2) is 0 Å². The summed E-state index contributed by atoms with van der Waals surface area (Å²) in [4.78, 5) is 11.9. The van der Waals surface area contributed by atoms with Crippen molar-refractivity contribution in [3.05, 3.63) is 70.2 Å². The second-order valence-electron chi connectivity index (χ2n) is 4.70. The smallest absolute Gasteiger partial charge is 0.251 e. The van der Waals surface area contributed by atoms with Gasteiger partial charge in [-0.3, -0.25) is 4.79 Å². The van der Waals surface area contributed by atoms with Crippen LogP contribution in [0.3, 0.4) is 0 Å². The van der Waals surface area contributed by atoms with E-state index in [9.17, 15) is 9.90 Å². The molecule has 0 aromatic heterocycles. The standard InChI is InChI=1S/C16H16ClNO2/c1-16(20,11-7-9-12(17)10-8-11)14-6-4-3-5-13(14)15(19)18-2/h3-10,20H,1-2H3,(H,18,19). The molecule has 0 fully saturated rings. The molecule has 1 unspecified atom stereocenters. The van der Waals surface area contributed by atoms with Gasteiger partial charge in [-0.25, -0.2) is 0 Å². The second-order valence-corrected chi connectivity index (χ2v) is 5.14. The van der Waals surface area contributed by atoms with Crippen molar-refractivity contribution in [2.24, 2.45) is 0 Å². The maximum atomic E-state index is 11.9. The van der Waals surface area contributed by atoms with Crippen LogP contribution in [-0.4, -0.2) is 18.1 Å². The summed E-state index contributed by atoms with van der Waals surface area (Å²) in [5.41, 5.74) is 0.420. The highest BCUT2D eigenvalue weighted by Crippen LogP contribution is 2.32. The number of nitrogens with one attached hydrogen (secondary N) is 1. The Labute approximate surface area is 123 Å². The molecule has 0 saturated carbocycles. The molecule has 0 saturated heterocycles. The first-order chi connectivity index (χ1) is 9.46. The summed E-state index contributed by atoms with van der Waals surface area (Å²) in [5.74, 6) is -0.227. The SMILES string of the molecule is CNC(=O)c1ccccc1C(C)(O)c1ccc(Cl)cc1. The first kappa shape index (κ1) is 14.6. The number of halogens is 1. The summed E-state index contributed by atoms with van der Waals surface area (Å²) in [7, 11) is 1.57. The van der Waals surface area contributed by atoms with Gasteiger partial charge in [-0.1, -0.05) is 41.9 Å². The topological polar surface area (TPSA) is 49.3 Å². The van der Waals surface area contributed by atoms with E-state index in [2.05, 4.69) is 5.32 Å². The minimum absolute atomic E-state index is 0.227. The molecule has 0 aliphatic carbocycles. The minimum atomic E-state index is -1.27. The summed E-state index contributed by atoms with van der Waals surface area (Å²) in [5, 5.41) is 14.0. The van der Waals surface area contributed by atoms with E-state index in [1.807, 2.05) is 0 Å². The van der Waals surface area contributed by atoms with E-state index in [1.54, 1.807) is 62.5 Å². The Bertz CT molecular complexity index is 621. The van der Waals surface area contributed by atoms with Crippen LogP contribution in [0, 0.1) is 0 Å². The molecular weight excluding hydrogens is 274 g/mol. The van der Waals surface area contributed by atoms with Crippen LogP contribution in [0.4, 0.5) is 0 Å². The first-order valence-electron chi connectivity index (χ1n) is 6.27. The Kier molecular flexibility index (Phi) is 4.12. The molecule has 4 heteroatoms. The molecule has 2 rings (SSSR count). The Hall–Kier alpha value is -1.84. The monoisotopic (exact) mass is 289 g/mol. The van der Waals surface area contributed by atoms with Gasteiger partial charge in [-0.15, -0.1) is 0 Å². The fourth-order valence-electron chi connectivity index (χ4n) is 2.17. The molecule has 3 nitrogen and oxygen atoms in total. The highest BCUT2D eigenvalue weighted by molar-refractivity contribution is 6.30. The Morgan fingerprint density at radius 1 is 1.15 bits per heavy atom. The maximum Gasteiger partial charge on any atom is 0.251 e. The fraction of sp³-hybridized carbons (Fsp3) is 0.188. The van der Waals surface area contributed by atoms with E-state index < -0.39 is 5.60 Å². The van der Waals surface area contributed by atoms with Crippen molar-refractivity contribution in [1.29, 1.82) is 0 Å². The van der Waals surface area contributed by atoms with Crippen LogP contribution in [0.25, 0.3) is 0 Å². The molecule has 20 heavy (non-hydrogen) atoms. The summed E-state index contributed by atoms with van der Waals surface area (Å²) in [6, 6.07) is 13.9. The number of amides is 1. The van der Waals surface area contributed by atoms with Crippen LogP contribution in [0.5, 0.6) is 0 Å². The third kappa shape index (κ3) is 2.69. The van der Waals surface area contributed by atoms with Crippen molar-refractivity contribution in [2.45, 2.75) is 12.5 Å². The molecule has 0 heterocycles. The molecule has 0 bridgehead atoms. The van der Waals surface area contributed by atoms with Gasteiger partial charge in [0.2, 0.25) is 0 Å². The van der Waals surface area contributed by atoms with E-state index in [4.69, 9.17) is 11.6 Å². The van der Waals surface area contributed by atoms with Crippen molar-refractivity contribution in [3.8, 4) is 0 Å². The van der Waals surface area contributed by atoms with Gasteiger partial charge in [0.25, 0.3) is 5.91 Å². The molecule has 0 spiro atoms. The maximum absolute atomic E-state index is 11.9. The average Bonchev–Trinajstić information content (AvgIpc) is 2.47. The largest absolute Gasteiger partial charge is 0.381 e. The molecule has 0 aliphatic rings. The number of carbonyl (C=O) groups excluding carboxylic acids is 1. The molecule has 0 radical (unpaired) electrons. The Morgan fingerprint density at radius 3 is 2.35 bits per heavy atom. The van der Waals surface area contributed by atoms with E-state index in [0.717, 1.165) is 0 Å². The van der Waals surface area contributed by atoms with Crippen molar-refractivity contribution in [2.75, 3.05) is 7.05 Å². The van der Waals surface area contributed by atoms with Gasteiger partial charge in [0.1, 0.15) is 5.60 Å². The Balaban J connectivity index is 2.54. The lowest BCUT2D eigenvalue weighted by Crippen LogP contribution is -2.28. The zero-order valence-corrected chi connectivity index (χ0v) is 12.1. The highest BCUT2D eigenvalue weighted by Gasteiger charge is 2.29. The molecule has 2 aromatic rings. The van der Waals surface area contributed by atoms with Crippen LogP contribution in [0.2, 0.25) is 5.02 Å². The van der Waals surface area contributed by atoms with Crippen molar-refractivity contribution in [3.63, 3.8) is 0 Å². The number of hydrogen-bond donors (Lipinski definition) is 2. The van der Waals surface area contributed by atoms with Crippen LogP contribution >= 0.6 is 11.6 Å². The summed E-state index contributed by atoms with van der Waals surface area (Å²) < 4.78 is 0. The van der Waals surface area contributed by atoms with Gasteiger partial charge in [0.05, 0.1) is 0 Å². The van der Waals surface area contributed by atoms with Gasteiger partial charge in [0, 0.05) is 23.2 Å². The lowest BCUT2D eigenvalue weighted by Gasteiger charge is -2.26. The van der Waals surface area contributed by atoms with E-state index in [-0.39, 0.29) is 5.91 Å². The van der Waals surface area contributed by atoms with Crippen molar-refractivity contribution in [1.82, 2.24) is 5.32 Å². The third-order valence-electron chi connectivity index (χ3n) is 3.33. The van der Waals surface area contributed by atoms with Gasteiger partial charge < -0.3 is 10.4 Å². The number of benzene rings is 2. The third-order valence-corrected chi connectivity index (χ3v) is 3.58. The first-order valence-corrected chi connectivity index (χ1v) is 6.64. The highest BCUT2D eigenvalue weighted by atomic mass is 35.5. The quantitative estimate of drug-likeness (QED) is 0.913. The lowest BCUT2D eigenvalue weighted by atomic mass is 9.85. The second kappa shape index (κ2) is 5.65. The zero-order valence-electron chi connectivity index (χ0n) is 11.4. The van der Waals surface area contributed by atoms with Crippen LogP contribution in [-0.2, 0) is 5.60 Å². The molecule has 0 aliphatic heterocycles. The zero-order chi connectivity index (χ0) is 14.8. The van der Waals surface area contributed by atoms with Crippen molar-refractivity contribution >= 4 is 17.5 Å². The molecular formula is C16H16ClNO2. The van der Waals surface area contributed by atoms with E-state index >= 15 is 0 Å². The van der Waals surface area contributed by atoms with Gasteiger partial charge in [-0.05, 0) is 30.7 Å². The lowest BCUT2D eigenvalue weighted by molar-refractivity contribution is 0.0900. The number of carbonyl (C=O) groups is 1. The van der Waals surface area contributed by atoms with E-state index in [0.29, 0.717) is 21.7 Å². The Morgan fingerprint density at radius 2 is 1.75 bits per heavy atom. The number of aliphatic hydroxyl groups is 1. The number of rotatable bonds is 3. The molecule has 1 atom stereocenters. The molecule has 2 aromatic carbocycles. The minimum Gasteiger partial charge on any atom is -0.381 e. The van der Waals surface area contributed by atoms with Gasteiger partial charge in [-0.2, -0.15) is 0 Å². The fourth-order valence-corrected chi connectivity index (χ4v) is 2.30. The van der Waals surface area contributed by atoms with Crippen LogP contribution < -0.4 is 5.32 Å². The molecule has 2 N–H and O–H groups in total. The normalized spacial score (nSPS) is 13.6. The summed E-state index contributed by atoms with van der Waals surface area (Å²) in [6.07, 6.45) is 0. The predicted molar refractivity (Wildman–Crippen MR) is 80.0 cm³/mol. The summed E-state index contributed by atoms with van der Waals surface area (Å²) >= 11 is 5.87. The van der Waals surface area contributed by atoms with Crippen LogP contribution in [0.15, 0.2) is 48.5 Å². The van der Waals surface area contributed by atoms with E-state index in [1.165, 1.54) is 0 Å². The predicted octanol–water partition coefficient (Wildman–Crippen LogP) is 2.96. The van der Waals surface area contributed by atoms with Gasteiger partial charge >= 0.3 is 0 Å². The van der Waals surface area contributed by atoms with Crippen molar-refractivity contribution < 1.29 is 9.90 Å².